The number of anilines is 1. The molecule has 0 radical (unpaired) electrons. The summed E-state index contributed by atoms with van der Waals surface area (Å²) in [5.74, 6) is 0.153. The predicted octanol–water partition coefficient (Wildman–Crippen LogP) is 4.13. The van der Waals surface area contributed by atoms with E-state index in [0.29, 0.717) is 6.54 Å². The number of Topliss-reactive ketones (excluding diaryl/α,β-unsaturated/α-hetero) is 1. The quantitative estimate of drug-likeness (QED) is 0.742. The molecule has 0 heterocycles. The minimum Gasteiger partial charge on any atom is -0.367 e. The SMILES string of the molecule is CCc1ccc(C(=O)CN(C)c2ccc(CC)cc2)cc1. The average molecular weight is 281 g/mol. The third-order valence-electron chi connectivity index (χ3n) is 3.85. The molecule has 0 unspecified atom stereocenters. The van der Waals surface area contributed by atoms with Crippen molar-refractivity contribution >= 4 is 11.5 Å². The molecule has 0 aromatic heterocycles. The highest BCUT2D eigenvalue weighted by atomic mass is 16.1. The smallest absolute Gasteiger partial charge is 0.182 e. The first-order chi connectivity index (χ1) is 10.1. The first-order valence-electron chi connectivity index (χ1n) is 7.56. The zero-order valence-corrected chi connectivity index (χ0v) is 13.1. The fourth-order valence-electron chi connectivity index (χ4n) is 2.31. The van der Waals surface area contributed by atoms with Gasteiger partial charge in [-0.15, -0.1) is 0 Å². The van der Waals surface area contributed by atoms with Gasteiger partial charge in [0.05, 0.1) is 6.54 Å². The van der Waals surface area contributed by atoms with Crippen molar-refractivity contribution in [3.8, 4) is 0 Å². The van der Waals surface area contributed by atoms with Crippen molar-refractivity contribution < 1.29 is 4.79 Å². The summed E-state index contributed by atoms with van der Waals surface area (Å²) in [6, 6.07) is 16.3. The molecule has 21 heavy (non-hydrogen) atoms. The van der Waals surface area contributed by atoms with Crippen LogP contribution in [0.2, 0.25) is 0 Å². The molecule has 2 aromatic carbocycles. The number of nitrogens with zero attached hydrogens (tertiary/aromatic N) is 1. The molecule has 2 nitrogen and oxygen atoms in total. The Balaban J connectivity index is 2.03. The fourth-order valence-corrected chi connectivity index (χ4v) is 2.31. The van der Waals surface area contributed by atoms with Crippen LogP contribution in [-0.4, -0.2) is 19.4 Å². The summed E-state index contributed by atoms with van der Waals surface area (Å²) in [7, 11) is 1.96. The maximum atomic E-state index is 12.3. The van der Waals surface area contributed by atoms with Crippen LogP contribution in [0.5, 0.6) is 0 Å². The highest BCUT2D eigenvalue weighted by Crippen LogP contribution is 2.15. The summed E-state index contributed by atoms with van der Waals surface area (Å²) in [6.45, 7) is 4.66. The molecule has 0 saturated heterocycles. The molecule has 0 saturated carbocycles. The molecule has 2 rings (SSSR count). The van der Waals surface area contributed by atoms with E-state index in [1.807, 2.05) is 36.2 Å². The Labute approximate surface area is 127 Å². The molecule has 2 heteroatoms. The van der Waals surface area contributed by atoms with Crippen LogP contribution in [-0.2, 0) is 12.8 Å². The number of carbonyl (C=O) groups is 1. The Bertz CT molecular complexity index is 584. The second-order valence-corrected chi connectivity index (χ2v) is 5.35. The van der Waals surface area contributed by atoms with Crippen molar-refractivity contribution in [3.05, 3.63) is 65.2 Å². The van der Waals surface area contributed by atoms with Crippen molar-refractivity contribution in [3.63, 3.8) is 0 Å². The van der Waals surface area contributed by atoms with E-state index < -0.39 is 0 Å². The summed E-state index contributed by atoms with van der Waals surface area (Å²) in [5, 5.41) is 0. The fraction of sp³-hybridized carbons (Fsp3) is 0.316. The van der Waals surface area contributed by atoms with Gasteiger partial charge in [0.15, 0.2) is 5.78 Å². The van der Waals surface area contributed by atoms with Crippen molar-refractivity contribution in [1.82, 2.24) is 0 Å². The van der Waals surface area contributed by atoms with Gasteiger partial charge < -0.3 is 4.90 Å². The van der Waals surface area contributed by atoms with Crippen LogP contribution in [0.25, 0.3) is 0 Å². The van der Waals surface area contributed by atoms with Gasteiger partial charge in [-0.2, -0.15) is 0 Å². The Morgan fingerprint density at radius 2 is 1.33 bits per heavy atom. The van der Waals surface area contributed by atoms with Crippen LogP contribution in [0, 0.1) is 0 Å². The van der Waals surface area contributed by atoms with Crippen LogP contribution >= 0.6 is 0 Å². The predicted molar refractivity (Wildman–Crippen MR) is 89.2 cm³/mol. The maximum absolute atomic E-state index is 12.3. The Hall–Kier alpha value is -2.09. The molecule has 0 aliphatic rings. The first kappa shape index (κ1) is 15.3. The van der Waals surface area contributed by atoms with Crippen molar-refractivity contribution in [1.29, 1.82) is 0 Å². The third kappa shape index (κ3) is 3.94. The van der Waals surface area contributed by atoms with Crippen molar-refractivity contribution in [2.24, 2.45) is 0 Å². The maximum Gasteiger partial charge on any atom is 0.182 e. The lowest BCUT2D eigenvalue weighted by atomic mass is 10.1. The van der Waals surface area contributed by atoms with E-state index >= 15 is 0 Å². The van der Waals surface area contributed by atoms with Gasteiger partial charge in [0, 0.05) is 18.3 Å². The number of rotatable bonds is 6. The molecule has 0 atom stereocenters. The molecule has 0 fully saturated rings. The van der Waals surface area contributed by atoms with Gasteiger partial charge >= 0.3 is 0 Å². The lowest BCUT2D eigenvalue weighted by Crippen LogP contribution is -2.25. The van der Waals surface area contributed by atoms with Gasteiger partial charge in [-0.1, -0.05) is 50.2 Å². The minimum atomic E-state index is 0.153. The Kier molecular flexibility index (Phi) is 5.15. The summed E-state index contributed by atoms with van der Waals surface area (Å²) in [5.41, 5.74) is 4.43. The van der Waals surface area contributed by atoms with E-state index in [4.69, 9.17) is 0 Å². The van der Waals surface area contributed by atoms with Crippen LogP contribution < -0.4 is 4.90 Å². The largest absolute Gasteiger partial charge is 0.367 e. The van der Waals surface area contributed by atoms with E-state index in [1.54, 1.807) is 0 Å². The normalized spacial score (nSPS) is 10.4. The molecule has 110 valence electrons. The molecule has 0 spiro atoms. The van der Waals surface area contributed by atoms with Gasteiger partial charge in [0.1, 0.15) is 0 Å². The topological polar surface area (TPSA) is 20.3 Å². The second kappa shape index (κ2) is 7.07. The van der Waals surface area contributed by atoms with Gasteiger partial charge in [-0.3, -0.25) is 4.79 Å². The molecule has 0 aliphatic heterocycles. The zero-order chi connectivity index (χ0) is 15.2. The van der Waals surface area contributed by atoms with Crippen molar-refractivity contribution in [2.75, 3.05) is 18.5 Å². The number of likely N-dealkylation sites (N-methyl/N-ethyl adjacent to an activating group) is 1. The standard InChI is InChI=1S/C19H23NO/c1-4-15-6-10-17(11-7-15)19(21)14-20(3)18-12-8-16(5-2)9-13-18/h6-13H,4-5,14H2,1-3H3. The summed E-state index contributed by atoms with van der Waals surface area (Å²) >= 11 is 0. The van der Waals surface area contributed by atoms with Crippen LogP contribution in [0.15, 0.2) is 48.5 Å². The zero-order valence-electron chi connectivity index (χ0n) is 13.1. The number of carbonyl (C=O) groups excluding carboxylic acids is 1. The van der Waals surface area contributed by atoms with E-state index in [-0.39, 0.29) is 5.78 Å². The lowest BCUT2D eigenvalue weighted by molar-refractivity contribution is 0.100. The van der Waals surface area contributed by atoms with E-state index in [9.17, 15) is 4.79 Å². The number of aryl methyl sites for hydroxylation is 2. The van der Waals surface area contributed by atoms with Crippen molar-refractivity contribution in [2.45, 2.75) is 26.7 Å². The first-order valence-corrected chi connectivity index (χ1v) is 7.56. The van der Waals surface area contributed by atoms with E-state index in [2.05, 4.69) is 38.1 Å². The van der Waals surface area contributed by atoms with E-state index in [0.717, 1.165) is 24.1 Å². The summed E-state index contributed by atoms with van der Waals surface area (Å²) in [4.78, 5) is 14.3. The van der Waals surface area contributed by atoms with Crippen LogP contribution in [0.3, 0.4) is 0 Å². The van der Waals surface area contributed by atoms with E-state index in [1.165, 1.54) is 11.1 Å². The molecular formula is C19H23NO. The monoisotopic (exact) mass is 281 g/mol. The molecular weight excluding hydrogens is 258 g/mol. The third-order valence-corrected chi connectivity index (χ3v) is 3.85. The van der Waals surface area contributed by atoms with Crippen LogP contribution in [0.4, 0.5) is 5.69 Å². The van der Waals surface area contributed by atoms with Gasteiger partial charge in [0.2, 0.25) is 0 Å². The summed E-state index contributed by atoms with van der Waals surface area (Å²) in [6.07, 6.45) is 2.03. The Morgan fingerprint density at radius 1 is 0.857 bits per heavy atom. The molecule has 0 amide bonds. The molecule has 0 bridgehead atoms. The molecule has 2 aromatic rings. The number of benzene rings is 2. The van der Waals surface area contributed by atoms with Crippen LogP contribution in [0.1, 0.15) is 35.3 Å². The average Bonchev–Trinajstić information content (AvgIpc) is 2.55. The lowest BCUT2D eigenvalue weighted by Gasteiger charge is -2.18. The second-order valence-electron chi connectivity index (χ2n) is 5.35. The minimum absolute atomic E-state index is 0.153. The Morgan fingerprint density at radius 3 is 1.81 bits per heavy atom. The highest BCUT2D eigenvalue weighted by Gasteiger charge is 2.10. The number of ketones is 1. The van der Waals surface area contributed by atoms with Gasteiger partial charge in [0.25, 0.3) is 0 Å². The molecule has 0 N–H and O–H groups in total. The van der Waals surface area contributed by atoms with Gasteiger partial charge in [-0.25, -0.2) is 0 Å². The molecule has 0 aliphatic carbocycles. The number of hydrogen-bond acceptors (Lipinski definition) is 2. The highest BCUT2D eigenvalue weighted by molar-refractivity contribution is 5.99. The van der Waals surface area contributed by atoms with Gasteiger partial charge in [-0.05, 0) is 36.1 Å². The summed E-state index contributed by atoms with van der Waals surface area (Å²) < 4.78 is 0. The number of hydrogen-bond donors (Lipinski definition) is 0.